The molecule has 0 spiro atoms. The van der Waals surface area contributed by atoms with Crippen molar-refractivity contribution in [3.63, 3.8) is 0 Å². The van der Waals surface area contributed by atoms with Crippen molar-refractivity contribution in [2.24, 2.45) is 20.5 Å². The maximum Gasteiger partial charge on any atom is 0.0860 e. The third-order valence-corrected chi connectivity index (χ3v) is 10.3. The van der Waals surface area contributed by atoms with E-state index in [9.17, 15) is 0 Å². The summed E-state index contributed by atoms with van der Waals surface area (Å²) in [7, 11) is 0. The number of hydrogen-bond donors (Lipinski definition) is 0. The fourth-order valence-corrected chi connectivity index (χ4v) is 6.57. The maximum atomic E-state index is 4.43. The van der Waals surface area contributed by atoms with Gasteiger partial charge in [0.25, 0.3) is 0 Å². The van der Waals surface area contributed by atoms with Gasteiger partial charge in [0.15, 0.2) is 0 Å². The molecule has 58 heavy (non-hydrogen) atoms. The maximum absolute atomic E-state index is 4.43. The van der Waals surface area contributed by atoms with E-state index in [1.807, 2.05) is 42.5 Å². The van der Waals surface area contributed by atoms with E-state index in [0.29, 0.717) is 0 Å². The number of rotatable bonds is 8. The van der Waals surface area contributed by atoms with Gasteiger partial charge < -0.3 is 0 Å². The Morgan fingerprint density at radius 1 is 0.224 bits per heavy atom. The summed E-state index contributed by atoms with van der Waals surface area (Å²) < 4.78 is 0. The second kappa shape index (κ2) is 18.3. The van der Waals surface area contributed by atoms with Gasteiger partial charge in [0.05, 0.1) is 22.7 Å². The van der Waals surface area contributed by atoms with Gasteiger partial charge in [0.1, 0.15) is 0 Å². The molecule has 284 valence electrons. The zero-order valence-electron chi connectivity index (χ0n) is 34.1. The predicted octanol–water partition coefficient (Wildman–Crippen LogP) is 16.7. The quantitative estimate of drug-likeness (QED) is 0.139. The average molecular weight is 753 g/mol. The molecule has 0 aliphatic rings. The molecule has 8 aromatic rings. The van der Waals surface area contributed by atoms with Crippen molar-refractivity contribution in [3.05, 3.63) is 215 Å². The molecule has 0 unspecified atom stereocenters. The van der Waals surface area contributed by atoms with Gasteiger partial charge in [-0.3, -0.25) is 0 Å². The summed E-state index contributed by atoms with van der Waals surface area (Å²) in [5.74, 6) is 0. The van der Waals surface area contributed by atoms with Gasteiger partial charge in [-0.05, 0) is 151 Å². The molecule has 0 heterocycles. The Morgan fingerprint density at radius 2 is 0.534 bits per heavy atom. The fourth-order valence-electron chi connectivity index (χ4n) is 6.57. The van der Waals surface area contributed by atoms with Crippen molar-refractivity contribution in [2.45, 2.75) is 41.5 Å². The fraction of sp³-hybridized carbons (Fsp3) is 0.111. The molecular formula is C54H48N4. The van der Waals surface area contributed by atoms with Gasteiger partial charge >= 0.3 is 0 Å². The second-order valence-electron chi connectivity index (χ2n) is 14.9. The first-order valence-corrected chi connectivity index (χ1v) is 19.7. The van der Waals surface area contributed by atoms with Crippen molar-refractivity contribution in [2.75, 3.05) is 0 Å². The Kier molecular flexibility index (Phi) is 12.4. The van der Waals surface area contributed by atoms with Crippen molar-refractivity contribution < 1.29 is 0 Å². The van der Waals surface area contributed by atoms with Crippen LogP contribution in [0.15, 0.2) is 202 Å². The molecular weight excluding hydrogens is 705 g/mol. The van der Waals surface area contributed by atoms with Crippen molar-refractivity contribution in [1.29, 1.82) is 0 Å². The van der Waals surface area contributed by atoms with Crippen LogP contribution < -0.4 is 0 Å². The van der Waals surface area contributed by atoms with Gasteiger partial charge in [-0.25, -0.2) is 0 Å². The van der Waals surface area contributed by atoms with Crippen LogP contribution in [0.5, 0.6) is 0 Å². The van der Waals surface area contributed by atoms with Crippen molar-refractivity contribution >= 4 is 22.7 Å². The second-order valence-corrected chi connectivity index (χ2v) is 14.9. The molecule has 0 amide bonds. The third-order valence-electron chi connectivity index (χ3n) is 10.3. The minimum Gasteiger partial charge on any atom is -0.151 e. The van der Waals surface area contributed by atoms with Crippen LogP contribution in [0.25, 0.3) is 44.5 Å². The molecule has 0 aromatic heterocycles. The van der Waals surface area contributed by atoms with E-state index < -0.39 is 0 Å². The van der Waals surface area contributed by atoms with E-state index in [1.54, 1.807) is 0 Å². The predicted molar refractivity (Wildman–Crippen MR) is 244 cm³/mol. The Morgan fingerprint density at radius 3 is 0.914 bits per heavy atom. The molecule has 0 atom stereocenters. The molecule has 0 saturated heterocycles. The number of aryl methyl sites for hydroxylation is 6. The highest BCUT2D eigenvalue weighted by Gasteiger charge is 2.05. The summed E-state index contributed by atoms with van der Waals surface area (Å²) in [6.45, 7) is 12.7. The zero-order chi connectivity index (χ0) is 40.4. The molecule has 0 aliphatic heterocycles. The van der Waals surface area contributed by atoms with E-state index in [4.69, 9.17) is 0 Å². The molecule has 0 bridgehead atoms. The number of azo groups is 2. The minimum atomic E-state index is 0.846. The van der Waals surface area contributed by atoms with Crippen molar-refractivity contribution in [1.82, 2.24) is 0 Å². The first-order chi connectivity index (χ1) is 28.2. The lowest BCUT2D eigenvalue weighted by Gasteiger charge is -2.07. The first kappa shape index (κ1) is 39.2. The summed E-state index contributed by atoms with van der Waals surface area (Å²) in [5, 5.41) is 17.6. The smallest absolute Gasteiger partial charge is 0.0860 e. The summed E-state index contributed by atoms with van der Waals surface area (Å²) in [6, 6.07) is 63.0. The normalized spacial score (nSPS) is 11.1. The molecule has 8 rings (SSSR count). The Hall–Kier alpha value is -7.04. The van der Waals surface area contributed by atoms with Gasteiger partial charge in [-0.15, -0.1) is 0 Å². The van der Waals surface area contributed by atoms with Crippen LogP contribution in [0, 0.1) is 41.5 Å². The van der Waals surface area contributed by atoms with E-state index in [-0.39, 0.29) is 0 Å². The van der Waals surface area contributed by atoms with Gasteiger partial charge in [-0.2, -0.15) is 20.5 Å². The highest BCUT2D eigenvalue weighted by Crippen LogP contribution is 2.30. The van der Waals surface area contributed by atoms with Crippen LogP contribution in [0.3, 0.4) is 0 Å². The van der Waals surface area contributed by atoms with Crippen LogP contribution in [0.2, 0.25) is 0 Å². The average Bonchev–Trinajstić information content (AvgIpc) is 3.25. The topological polar surface area (TPSA) is 49.4 Å². The highest BCUT2D eigenvalue weighted by atomic mass is 15.1. The standard InChI is InChI=1S/2C27H24N2/c1-19-4-8-22(9-5-19)23-12-14-25(15-13-23)28-29-26-16-17-27(21(3)18-26)24-10-6-20(2)7-11-24;1-19-4-7-22(8-5-19)23-10-14-26(15-11-23)28-29-27-16-12-24(13-17-27)25-9-6-20(2)21(3)18-25/h2*4-18H,1-3H3. The molecule has 4 heteroatoms. The van der Waals surface area contributed by atoms with E-state index >= 15 is 0 Å². The molecule has 0 saturated carbocycles. The summed E-state index contributed by atoms with van der Waals surface area (Å²) in [4.78, 5) is 0. The van der Waals surface area contributed by atoms with Crippen LogP contribution in [0.4, 0.5) is 22.7 Å². The van der Waals surface area contributed by atoms with E-state index in [2.05, 4.69) is 202 Å². The number of benzene rings is 8. The van der Waals surface area contributed by atoms with Crippen LogP contribution in [0.1, 0.15) is 33.4 Å². The van der Waals surface area contributed by atoms with Gasteiger partial charge in [0.2, 0.25) is 0 Å². The summed E-state index contributed by atoms with van der Waals surface area (Å²) in [5.41, 5.74) is 20.7. The Balaban J connectivity index is 0.000000177. The summed E-state index contributed by atoms with van der Waals surface area (Å²) in [6.07, 6.45) is 0. The van der Waals surface area contributed by atoms with Crippen LogP contribution in [-0.2, 0) is 0 Å². The Bertz CT molecular complexity index is 2650. The largest absolute Gasteiger partial charge is 0.151 e. The number of nitrogens with zero attached hydrogens (tertiary/aromatic N) is 4. The van der Waals surface area contributed by atoms with E-state index in [1.165, 1.54) is 77.9 Å². The van der Waals surface area contributed by atoms with E-state index in [0.717, 1.165) is 22.7 Å². The SMILES string of the molecule is Cc1ccc(-c2ccc(N=Nc3ccc(-c4ccc(C)c(C)c4)cc3)cc2)cc1.Cc1ccc(-c2ccc(N=Nc3ccc(-c4ccc(C)cc4)c(C)c3)cc2)cc1. The Labute approximate surface area is 343 Å². The van der Waals surface area contributed by atoms with Crippen LogP contribution >= 0.6 is 0 Å². The zero-order valence-corrected chi connectivity index (χ0v) is 34.1. The molecule has 0 aliphatic carbocycles. The van der Waals surface area contributed by atoms with Gasteiger partial charge in [-0.1, -0.05) is 150 Å². The lowest BCUT2D eigenvalue weighted by atomic mass is 9.99. The summed E-state index contributed by atoms with van der Waals surface area (Å²) >= 11 is 0. The lowest BCUT2D eigenvalue weighted by molar-refractivity contribution is 1.22. The molecule has 0 N–H and O–H groups in total. The lowest BCUT2D eigenvalue weighted by Crippen LogP contribution is -1.83. The van der Waals surface area contributed by atoms with Crippen LogP contribution in [-0.4, -0.2) is 0 Å². The number of hydrogen-bond acceptors (Lipinski definition) is 4. The molecule has 4 nitrogen and oxygen atoms in total. The van der Waals surface area contributed by atoms with Gasteiger partial charge in [0, 0.05) is 0 Å². The van der Waals surface area contributed by atoms with Crippen molar-refractivity contribution in [3.8, 4) is 44.5 Å². The third kappa shape index (κ3) is 10.2. The first-order valence-electron chi connectivity index (χ1n) is 19.7. The highest BCUT2D eigenvalue weighted by molar-refractivity contribution is 5.71. The molecule has 8 aromatic carbocycles. The molecule has 0 radical (unpaired) electrons. The monoisotopic (exact) mass is 752 g/mol. The molecule has 0 fully saturated rings. The minimum absolute atomic E-state index is 0.846.